The Morgan fingerprint density at radius 1 is 1.06 bits per heavy atom. The lowest BCUT2D eigenvalue weighted by Gasteiger charge is -2.28. The summed E-state index contributed by atoms with van der Waals surface area (Å²) in [6.45, 7) is 17.1. The molecule has 0 aliphatic rings. The van der Waals surface area contributed by atoms with Crippen molar-refractivity contribution in [2.45, 2.75) is 47.5 Å². The maximum Gasteiger partial charge on any atom is 0.0395 e. The summed E-state index contributed by atoms with van der Waals surface area (Å²) < 4.78 is 0. The molecule has 92 valence electrons. The van der Waals surface area contributed by atoms with Crippen LogP contribution in [0.2, 0.25) is 0 Å². The zero-order valence-electron chi connectivity index (χ0n) is 11.6. The van der Waals surface area contributed by atoms with Crippen molar-refractivity contribution in [1.29, 1.82) is 0 Å². The van der Waals surface area contributed by atoms with Crippen molar-refractivity contribution < 1.29 is 0 Å². The van der Waals surface area contributed by atoms with Gasteiger partial charge in [-0.3, -0.25) is 0 Å². The molecular formula is C15H27N. The first kappa shape index (κ1) is 15.0. The highest BCUT2D eigenvalue weighted by Crippen LogP contribution is 2.19. The molecular weight excluding hydrogens is 194 g/mol. The molecule has 1 nitrogen and oxygen atoms in total. The highest BCUT2D eigenvalue weighted by Gasteiger charge is 2.09. The van der Waals surface area contributed by atoms with Crippen LogP contribution in [-0.4, -0.2) is 18.0 Å². The van der Waals surface area contributed by atoms with Gasteiger partial charge in [-0.2, -0.15) is 0 Å². The Kier molecular flexibility index (Phi) is 7.70. The van der Waals surface area contributed by atoms with E-state index in [4.69, 9.17) is 0 Å². The van der Waals surface area contributed by atoms with Crippen LogP contribution in [0.5, 0.6) is 0 Å². The van der Waals surface area contributed by atoms with Gasteiger partial charge in [0.15, 0.2) is 0 Å². The van der Waals surface area contributed by atoms with Crippen molar-refractivity contribution in [3.63, 3.8) is 0 Å². The zero-order valence-corrected chi connectivity index (χ0v) is 11.6. The number of hydrogen-bond donors (Lipinski definition) is 0. The molecule has 0 saturated carbocycles. The first-order valence-corrected chi connectivity index (χ1v) is 6.30. The van der Waals surface area contributed by atoms with E-state index in [0.717, 1.165) is 13.1 Å². The van der Waals surface area contributed by atoms with E-state index in [2.05, 4.69) is 52.2 Å². The number of hydrogen-bond acceptors (Lipinski definition) is 1. The molecule has 0 saturated heterocycles. The lowest BCUT2D eigenvalue weighted by molar-refractivity contribution is 0.350. The summed E-state index contributed by atoms with van der Waals surface area (Å²) in [5.41, 5.74) is 4.09. The Morgan fingerprint density at radius 3 is 1.88 bits per heavy atom. The second-order valence-electron chi connectivity index (χ2n) is 4.40. The van der Waals surface area contributed by atoms with E-state index >= 15 is 0 Å². The van der Waals surface area contributed by atoms with E-state index < -0.39 is 0 Å². The lowest BCUT2D eigenvalue weighted by Crippen LogP contribution is -2.25. The van der Waals surface area contributed by atoms with E-state index in [0.29, 0.717) is 0 Å². The quantitative estimate of drug-likeness (QED) is 0.571. The summed E-state index contributed by atoms with van der Waals surface area (Å²) >= 11 is 0. The van der Waals surface area contributed by atoms with Gasteiger partial charge >= 0.3 is 0 Å². The van der Waals surface area contributed by atoms with Gasteiger partial charge in [-0.05, 0) is 45.3 Å². The molecule has 0 atom stereocenters. The summed E-state index contributed by atoms with van der Waals surface area (Å²) in [6, 6.07) is 0. The molecule has 1 heteroatoms. The largest absolute Gasteiger partial charge is 0.371 e. The normalized spacial score (nSPS) is 11.2. The van der Waals surface area contributed by atoms with Gasteiger partial charge in [-0.25, -0.2) is 0 Å². The molecule has 0 aromatic rings. The third kappa shape index (κ3) is 4.69. The molecule has 0 bridgehead atoms. The van der Waals surface area contributed by atoms with Gasteiger partial charge in [-0.15, -0.1) is 0 Å². The van der Waals surface area contributed by atoms with Crippen LogP contribution < -0.4 is 0 Å². The maximum atomic E-state index is 3.82. The molecule has 0 radical (unpaired) electrons. The van der Waals surface area contributed by atoms with Gasteiger partial charge in [0, 0.05) is 18.8 Å². The fraction of sp³-hybridized carbons (Fsp3) is 0.600. The summed E-state index contributed by atoms with van der Waals surface area (Å²) in [6.07, 6.45) is 6.39. The van der Waals surface area contributed by atoms with E-state index in [1.54, 1.807) is 0 Å². The standard InChI is InChI=1S/C15H27N/c1-7-10-15(14(6)13(4)5)16(11-8-2)12-9-3/h7,10H,1,8-9,11-12H2,2-6H3/b15-10+. The molecule has 0 fully saturated rings. The molecule has 0 N–H and O–H groups in total. The number of allylic oxidation sites excluding steroid dienone is 4. The molecule has 0 aromatic carbocycles. The second-order valence-corrected chi connectivity index (χ2v) is 4.40. The lowest BCUT2D eigenvalue weighted by atomic mass is 10.1. The smallest absolute Gasteiger partial charge is 0.0395 e. The molecule has 16 heavy (non-hydrogen) atoms. The minimum absolute atomic E-state index is 1.12. The first-order valence-electron chi connectivity index (χ1n) is 6.30. The van der Waals surface area contributed by atoms with Crippen LogP contribution in [0.15, 0.2) is 35.6 Å². The number of nitrogens with zero attached hydrogens (tertiary/aromatic N) is 1. The van der Waals surface area contributed by atoms with Gasteiger partial charge in [0.05, 0.1) is 0 Å². The van der Waals surface area contributed by atoms with Crippen molar-refractivity contribution in [3.8, 4) is 0 Å². The van der Waals surface area contributed by atoms with Crippen LogP contribution in [-0.2, 0) is 0 Å². The van der Waals surface area contributed by atoms with Gasteiger partial charge in [0.25, 0.3) is 0 Å². The zero-order chi connectivity index (χ0) is 12.6. The summed E-state index contributed by atoms with van der Waals surface area (Å²) in [5.74, 6) is 0. The number of rotatable bonds is 7. The van der Waals surface area contributed by atoms with Crippen LogP contribution >= 0.6 is 0 Å². The molecule has 0 rings (SSSR count). The Morgan fingerprint density at radius 2 is 1.56 bits per heavy atom. The van der Waals surface area contributed by atoms with Crippen LogP contribution in [0.25, 0.3) is 0 Å². The molecule has 0 aromatic heterocycles. The molecule has 0 aliphatic heterocycles. The SMILES string of the molecule is C=C/C=C(\C(C)=C(C)C)N(CCC)CCC. The van der Waals surface area contributed by atoms with Crippen LogP contribution in [0.1, 0.15) is 47.5 Å². The fourth-order valence-corrected chi connectivity index (χ4v) is 1.73. The average Bonchev–Trinajstić information content (AvgIpc) is 2.24. The molecule has 0 heterocycles. The Labute approximate surface area is 102 Å². The topological polar surface area (TPSA) is 3.24 Å². The summed E-state index contributed by atoms with van der Waals surface area (Å²) in [7, 11) is 0. The van der Waals surface area contributed by atoms with Gasteiger partial charge in [0.2, 0.25) is 0 Å². The maximum absolute atomic E-state index is 3.82. The van der Waals surface area contributed by atoms with Crippen LogP contribution in [0.4, 0.5) is 0 Å². The monoisotopic (exact) mass is 221 g/mol. The molecule has 0 unspecified atom stereocenters. The molecule has 0 amide bonds. The predicted octanol–water partition coefficient (Wildman–Crippen LogP) is 4.53. The summed E-state index contributed by atoms with van der Waals surface area (Å²) in [4.78, 5) is 2.46. The predicted molar refractivity (Wildman–Crippen MR) is 74.5 cm³/mol. The van der Waals surface area contributed by atoms with Crippen molar-refractivity contribution in [1.82, 2.24) is 4.90 Å². The van der Waals surface area contributed by atoms with Crippen molar-refractivity contribution in [3.05, 3.63) is 35.6 Å². The van der Waals surface area contributed by atoms with Gasteiger partial charge < -0.3 is 4.90 Å². The van der Waals surface area contributed by atoms with Gasteiger partial charge in [-0.1, -0.05) is 32.1 Å². The first-order chi connectivity index (χ1) is 7.58. The van der Waals surface area contributed by atoms with Crippen molar-refractivity contribution in [2.75, 3.05) is 13.1 Å². The summed E-state index contributed by atoms with van der Waals surface area (Å²) in [5, 5.41) is 0. The highest BCUT2D eigenvalue weighted by atomic mass is 15.1. The Hall–Kier alpha value is -0.980. The van der Waals surface area contributed by atoms with Crippen molar-refractivity contribution in [2.24, 2.45) is 0 Å². The third-order valence-electron chi connectivity index (χ3n) is 2.74. The average molecular weight is 221 g/mol. The van der Waals surface area contributed by atoms with Gasteiger partial charge in [0.1, 0.15) is 0 Å². The molecule has 0 spiro atoms. The van der Waals surface area contributed by atoms with Crippen LogP contribution in [0, 0.1) is 0 Å². The highest BCUT2D eigenvalue weighted by molar-refractivity contribution is 5.33. The fourth-order valence-electron chi connectivity index (χ4n) is 1.73. The van der Waals surface area contributed by atoms with E-state index in [1.165, 1.54) is 29.7 Å². The molecule has 0 aliphatic carbocycles. The van der Waals surface area contributed by atoms with Crippen molar-refractivity contribution >= 4 is 0 Å². The third-order valence-corrected chi connectivity index (χ3v) is 2.74. The van der Waals surface area contributed by atoms with E-state index in [9.17, 15) is 0 Å². The second kappa shape index (κ2) is 8.20. The Balaban J connectivity index is 5.07. The Bertz CT molecular complexity index is 261. The van der Waals surface area contributed by atoms with E-state index in [1.807, 2.05) is 6.08 Å². The minimum atomic E-state index is 1.12. The minimum Gasteiger partial charge on any atom is -0.371 e. The van der Waals surface area contributed by atoms with E-state index in [-0.39, 0.29) is 0 Å². The van der Waals surface area contributed by atoms with Crippen LogP contribution in [0.3, 0.4) is 0 Å².